The molecule has 0 aliphatic heterocycles. The Bertz CT molecular complexity index is 650. The number of nitrogens with zero attached hydrogens (tertiary/aromatic N) is 1. The van der Waals surface area contributed by atoms with Crippen molar-refractivity contribution in [2.75, 3.05) is 12.4 Å². The van der Waals surface area contributed by atoms with E-state index in [-0.39, 0.29) is 11.9 Å². The fraction of sp³-hybridized carbons (Fsp3) is 0.312. The maximum absolute atomic E-state index is 11.3. The summed E-state index contributed by atoms with van der Waals surface area (Å²) in [7, 11) is 1.38. The minimum atomic E-state index is -0.231. The molecule has 0 saturated heterocycles. The van der Waals surface area contributed by atoms with Crippen LogP contribution in [0.3, 0.4) is 0 Å². The summed E-state index contributed by atoms with van der Waals surface area (Å²) in [6.07, 6.45) is 1.37. The van der Waals surface area contributed by atoms with E-state index in [1.165, 1.54) is 18.4 Å². The molecule has 0 aliphatic carbocycles. The van der Waals surface area contributed by atoms with Crippen LogP contribution in [0.25, 0.3) is 10.6 Å². The van der Waals surface area contributed by atoms with Crippen molar-refractivity contribution in [3.8, 4) is 10.6 Å². The van der Waals surface area contributed by atoms with Crippen LogP contribution in [0.15, 0.2) is 29.6 Å². The molecule has 0 atom stereocenters. The zero-order chi connectivity index (χ0) is 15.9. The molecule has 0 spiro atoms. The highest BCUT2D eigenvalue weighted by atomic mass is 32.1. The first kappa shape index (κ1) is 16.2. The van der Waals surface area contributed by atoms with Crippen LogP contribution >= 0.6 is 11.3 Å². The molecule has 5 nitrogen and oxygen atoms in total. The Hall–Kier alpha value is -2.21. The van der Waals surface area contributed by atoms with Crippen molar-refractivity contribution in [1.82, 2.24) is 4.98 Å². The lowest BCUT2D eigenvalue weighted by molar-refractivity contribution is -0.140. The average molecular weight is 318 g/mol. The van der Waals surface area contributed by atoms with Gasteiger partial charge in [-0.05, 0) is 24.3 Å². The standard InChI is InChI=1S/C16H18N2O3S/c1-3-14(19)17-12-6-4-11(5-7-12)16-18-13(10-22-16)8-9-15(20)21-2/h4-7,10H,3,8-9H2,1-2H3,(H,17,19). The van der Waals surface area contributed by atoms with Crippen LogP contribution in [0.4, 0.5) is 5.69 Å². The third-order valence-electron chi connectivity index (χ3n) is 3.10. The Labute approximate surface area is 133 Å². The molecule has 0 radical (unpaired) electrons. The van der Waals surface area contributed by atoms with Gasteiger partial charge >= 0.3 is 5.97 Å². The van der Waals surface area contributed by atoms with Crippen LogP contribution in [0.5, 0.6) is 0 Å². The van der Waals surface area contributed by atoms with Gasteiger partial charge in [0.2, 0.25) is 5.91 Å². The quantitative estimate of drug-likeness (QED) is 0.830. The highest BCUT2D eigenvalue weighted by molar-refractivity contribution is 7.13. The lowest BCUT2D eigenvalue weighted by Crippen LogP contribution is -2.08. The average Bonchev–Trinajstić information content (AvgIpc) is 3.02. The first-order chi connectivity index (χ1) is 10.6. The number of rotatable bonds is 6. The molecular weight excluding hydrogens is 300 g/mol. The summed E-state index contributed by atoms with van der Waals surface area (Å²) in [5.41, 5.74) is 2.65. The highest BCUT2D eigenvalue weighted by Gasteiger charge is 2.08. The van der Waals surface area contributed by atoms with Crippen LogP contribution in [0.1, 0.15) is 25.5 Å². The molecule has 0 bridgehead atoms. The monoisotopic (exact) mass is 318 g/mol. The zero-order valence-corrected chi connectivity index (χ0v) is 13.4. The third-order valence-corrected chi connectivity index (χ3v) is 4.04. The molecular formula is C16H18N2O3S. The summed E-state index contributed by atoms with van der Waals surface area (Å²) in [4.78, 5) is 27.0. The summed E-state index contributed by atoms with van der Waals surface area (Å²) in [5, 5.41) is 5.65. The van der Waals surface area contributed by atoms with Gasteiger partial charge < -0.3 is 10.1 Å². The fourth-order valence-electron chi connectivity index (χ4n) is 1.83. The number of ether oxygens (including phenoxy) is 1. The van der Waals surface area contributed by atoms with Gasteiger partial charge in [0.1, 0.15) is 5.01 Å². The molecule has 2 rings (SSSR count). The Morgan fingerprint density at radius 1 is 1.27 bits per heavy atom. The van der Waals surface area contributed by atoms with Gasteiger partial charge in [0.25, 0.3) is 0 Å². The topological polar surface area (TPSA) is 68.3 Å². The first-order valence-electron chi connectivity index (χ1n) is 7.04. The number of aromatic nitrogens is 1. The predicted octanol–water partition coefficient (Wildman–Crippen LogP) is 3.26. The number of carbonyl (C=O) groups excluding carboxylic acids is 2. The molecule has 0 fully saturated rings. The van der Waals surface area contributed by atoms with E-state index >= 15 is 0 Å². The molecule has 1 aromatic carbocycles. The van der Waals surface area contributed by atoms with Gasteiger partial charge in [0, 0.05) is 29.5 Å². The molecule has 22 heavy (non-hydrogen) atoms. The largest absolute Gasteiger partial charge is 0.469 e. The SMILES string of the molecule is CCC(=O)Nc1ccc(-c2nc(CCC(=O)OC)cs2)cc1. The normalized spacial score (nSPS) is 10.3. The zero-order valence-electron chi connectivity index (χ0n) is 12.6. The Morgan fingerprint density at radius 3 is 2.64 bits per heavy atom. The van der Waals surface area contributed by atoms with Crippen LogP contribution < -0.4 is 5.32 Å². The van der Waals surface area contributed by atoms with E-state index in [0.29, 0.717) is 19.3 Å². The van der Waals surface area contributed by atoms with E-state index in [1.807, 2.05) is 36.6 Å². The number of benzene rings is 1. The second-order valence-electron chi connectivity index (χ2n) is 4.70. The molecule has 0 saturated carbocycles. The minimum Gasteiger partial charge on any atom is -0.469 e. The lowest BCUT2D eigenvalue weighted by Gasteiger charge is -2.04. The Balaban J connectivity index is 2.01. The van der Waals surface area contributed by atoms with Crippen molar-refractivity contribution in [2.45, 2.75) is 26.2 Å². The number of aryl methyl sites for hydroxylation is 1. The van der Waals surface area contributed by atoms with Gasteiger partial charge in [-0.3, -0.25) is 9.59 Å². The summed E-state index contributed by atoms with van der Waals surface area (Å²) in [6, 6.07) is 7.57. The first-order valence-corrected chi connectivity index (χ1v) is 7.92. The Kier molecular flexibility index (Phi) is 5.66. The minimum absolute atomic E-state index is 0.00732. The van der Waals surface area contributed by atoms with Gasteiger partial charge in [-0.25, -0.2) is 4.98 Å². The van der Waals surface area contributed by atoms with E-state index in [0.717, 1.165) is 22.0 Å². The van der Waals surface area contributed by atoms with Crippen molar-refractivity contribution in [3.63, 3.8) is 0 Å². The van der Waals surface area contributed by atoms with Crippen LogP contribution in [0, 0.1) is 0 Å². The van der Waals surface area contributed by atoms with Crippen molar-refractivity contribution in [3.05, 3.63) is 35.3 Å². The van der Waals surface area contributed by atoms with Crippen molar-refractivity contribution in [1.29, 1.82) is 0 Å². The van der Waals surface area contributed by atoms with Crippen molar-refractivity contribution >= 4 is 28.9 Å². The number of nitrogens with one attached hydrogen (secondary N) is 1. The van der Waals surface area contributed by atoms with Gasteiger partial charge in [-0.1, -0.05) is 6.92 Å². The number of esters is 1. The number of anilines is 1. The summed E-state index contributed by atoms with van der Waals surface area (Å²) >= 11 is 1.54. The van der Waals surface area contributed by atoms with E-state index in [9.17, 15) is 9.59 Å². The molecule has 1 N–H and O–H groups in total. The van der Waals surface area contributed by atoms with Gasteiger partial charge in [0.05, 0.1) is 19.2 Å². The van der Waals surface area contributed by atoms with Gasteiger partial charge in [-0.2, -0.15) is 0 Å². The van der Waals surface area contributed by atoms with Gasteiger partial charge in [-0.15, -0.1) is 11.3 Å². The van der Waals surface area contributed by atoms with Crippen LogP contribution in [-0.2, 0) is 20.7 Å². The lowest BCUT2D eigenvalue weighted by atomic mass is 10.2. The number of methoxy groups -OCH3 is 1. The molecule has 6 heteroatoms. The summed E-state index contributed by atoms with van der Waals surface area (Å²) in [5.74, 6) is -0.238. The van der Waals surface area contributed by atoms with Crippen molar-refractivity contribution in [2.24, 2.45) is 0 Å². The maximum atomic E-state index is 11.3. The van der Waals surface area contributed by atoms with E-state index < -0.39 is 0 Å². The van der Waals surface area contributed by atoms with E-state index in [2.05, 4.69) is 15.0 Å². The molecule has 1 aromatic heterocycles. The predicted molar refractivity (Wildman–Crippen MR) is 86.8 cm³/mol. The number of hydrogen-bond donors (Lipinski definition) is 1. The molecule has 0 unspecified atom stereocenters. The smallest absolute Gasteiger partial charge is 0.305 e. The molecule has 0 aliphatic rings. The number of carbonyl (C=O) groups is 2. The van der Waals surface area contributed by atoms with Gasteiger partial charge in [0.15, 0.2) is 0 Å². The summed E-state index contributed by atoms with van der Waals surface area (Å²) < 4.78 is 4.62. The summed E-state index contributed by atoms with van der Waals surface area (Å²) in [6.45, 7) is 1.81. The van der Waals surface area contributed by atoms with E-state index in [1.54, 1.807) is 0 Å². The Morgan fingerprint density at radius 2 is 2.00 bits per heavy atom. The number of amides is 1. The fourth-order valence-corrected chi connectivity index (χ4v) is 2.69. The molecule has 1 amide bonds. The molecule has 1 heterocycles. The second kappa shape index (κ2) is 7.70. The maximum Gasteiger partial charge on any atom is 0.305 e. The number of thiazole rings is 1. The van der Waals surface area contributed by atoms with Crippen molar-refractivity contribution < 1.29 is 14.3 Å². The molecule has 116 valence electrons. The third kappa shape index (κ3) is 4.39. The number of hydrogen-bond acceptors (Lipinski definition) is 5. The molecule has 2 aromatic rings. The highest BCUT2D eigenvalue weighted by Crippen LogP contribution is 2.25. The van der Waals surface area contributed by atoms with Crippen LogP contribution in [0.2, 0.25) is 0 Å². The second-order valence-corrected chi connectivity index (χ2v) is 5.56. The van der Waals surface area contributed by atoms with E-state index in [4.69, 9.17) is 0 Å². The van der Waals surface area contributed by atoms with Crippen LogP contribution in [-0.4, -0.2) is 24.0 Å².